The average molecular weight is 315 g/mol. The fourth-order valence-electron chi connectivity index (χ4n) is 1.76. The lowest BCUT2D eigenvalue weighted by atomic mass is 10.0. The van der Waals surface area contributed by atoms with E-state index < -0.39 is 11.8 Å². The van der Waals surface area contributed by atoms with Gasteiger partial charge in [-0.3, -0.25) is 0 Å². The summed E-state index contributed by atoms with van der Waals surface area (Å²) >= 11 is 12.1. The molecule has 0 bridgehead atoms. The van der Waals surface area contributed by atoms with E-state index in [1.54, 1.807) is 0 Å². The van der Waals surface area contributed by atoms with Crippen molar-refractivity contribution in [2.24, 2.45) is 0 Å². The van der Waals surface area contributed by atoms with Crippen LogP contribution in [0.3, 0.4) is 0 Å². The molecule has 0 atom stereocenters. The summed E-state index contributed by atoms with van der Waals surface area (Å²) in [6, 6.07) is 6.54. The molecule has 1 N–H and O–H groups in total. The number of aromatic carboxylic acids is 1. The van der Waals surface area contributed by atoms with Crippen molar-refractivity contribution in [1.82, 2.24) is 0 Å². The summed E-state index contributed by atoms with van der Waals surface area (Å²) in [6.45, 7) is 0. The maximum Gasteiger partial charge on any atom is 0.335 e. The predicted octanol–water partition coefficient (Wildman–Crippen LogP) is 4.51. The number of halogens is 3. The van der Waals surface area contributed by atoms with Crippen LogP contribution in [0.15, 0.2) is 30.3 Å². The molecule has 0 saturated carbocycles. The van der Waals surface area contributed by atoms with Crippen LogP contribution in [0.2, 0.25) is 10.0 Å². The Bertz CT molecular complexity index is 686. The van der Waals surface area contributed by atoms with Gasteiger partial charge in [0.1, 0.15) is 11.6 Å². The van der Waals surface area contributed by atoms with Gasteiger partial charge in [0.05, 0.1) is 22.7 Å². The van der Waals surface area contributed by atoms with Gasteiger partial charge in [-0.05, 0) is 18.2 Å². The Kier molecular flexibility index (Phi) is 4.16. The van der Waals surface area contributed by atoms with Crippen LogP contribution in [-0.2, 0) is 0 Å². The van der Waals surface area contributed by atoms with Gasteiger partial charge in [0.2, 0.25) is 0 Å². The molecule has 0 unspecified atom stereocenters. The molecule has 6 heteroatoms. The number of carbonyl (C=O) groups is 1. The first-order valence-corrected chi connectivity index (χ1v) is 6.26. The first-order valence-electron chi connectivity index (χ1n) is 5.50. The van der Waals surface area contributed by atoms with Gasteiger partial charge in [-0.2, -0.15) is 0 Å². The van der Waals surface area contributed by atoms with Gasteiger partial charge in [0.15, 0.2) is 0 Å². The highest BCUT2D eigenvalue weighted by molar-refractivity contribution is 6.36. The molecule has 20 heavy (non-hydrogen) atoms. The van der Waals surface area contributed by atoms with Crippen LogP contribution in [-0.4, -0.2) is 18.2 Å². The summed E-state index contributed by atoms with van der Waals surface area (Å²) in [5.74, 6) is -1.51. The highest BCUT2D eigenvalue weighted by Gasteiger charge is 2.15. The fourth-order valence-corrected chi connectivity index (χ4v) is 2.25. The summed E-state index contributed by atoms with van der Waals surface area (Å²) in [5.41, 5.74) is 0.401. The van der Waals surface area contributed by atoms with Gasteiger partial charge in [0, 0.05) is 17.2 Å². The van der Waals surface area contributed by atoms with Crippen LogP contribution >= 0.6 is 23.2 Å². The zero-order valence-corrected chi connectivity index (χ0v) is 11.8. The minimum atomic E-state index is -1.20. The van der Waals surface area contributed by atoms with E-state index in [9.17, 15) is 9.18 Å². The van der Waals surface area contributed by atoms with Crippen LogP contribution in [0.25, 0.3) is 11.1 Å². The molecule has 0 aliphatic rings. The molecule has 0 aromatic heterocycles. The van der Waals surface area contributed by atoms with Gasteiger partial charge in [-0.25, -0.2) is 9.18 Å². The molecular formula is C14H9Cl2FO3. The second kappa shape index (κ2) is 5.69. The van der Waals surface area contributed by atoms with Crippen LogP contribution in [0.5, 0.6) is 5.75 Å². The summed E-state index contributed by atoms with van der Waals surface area (Å²) in [5, 5.41) is 9.35. The molecule has 2 rings (SSSR count). The molecule has 0 amide bonds. The lowest BCUT2D eigenvalue weighted by Gasteiger charge is -2.10. The van der Waals surface area contributed by atoms with Crippen LogP contribution in [0.4, 0.5) is 4.39 Å². The van der Waals surface area contributed by atoms with Crippen molar-refractivity contribution in [1.29, 1.82) is 0 Å². The highest BCUT2D eigenvalue weighted by Crippen LogP contribution is 2.37. The molecule has 0 saturated heterocycles. The average Bonchev–Trinajstić information content (AvgIpc) is 2.41. The van der Waals surface area contributed by atoms with Crippen LogP contribution in [0, 0.1) is 5.82 Å². The van der Waals surface area contributed by atoms with Gasteiger partial charge in [0.25, 0.3) is 0 Å². The Labute approximate surface area is 124 Å². The second-order valence-corrected chi connectivity index (χ2v) is 4.78. The van der Waals surface area contributed by atoms with Gasteiger partial charge >= 0.3 is 5.97 Å². The molecular weight excluding hydrogens is 306 g/mol. The summed E-state index contributed by atoms with van der Waals surface area (Å²) < 4.78 is 19.0. The Morgan fingerprint density at radius 1 is 1.15 bits per heavy atom. The van der Waals surface area contributed by atoms with Crippen LogP contribution in [0.1, 0.15) is 10.4 Å². The topological polar surface area (TPSA) is 46.5 Å². The molecule has 0 spiro atoms. The Balaban J connectivity index is 2.57. The molecule has 0 fully saturated rings. The number of carboxylic acid groups (broad SMARTS) is 1. The second-order valence-electron chi connectivity index (χ2n) is 3.97. The molecule has 0 radical (unpaired) electrons. The molecule has 3 nitrogen and oxygen atoms in total. The van der Waals surface area contributed by atoms with Crippen molar-refractivity contribution in [3.05, 3.63) is 51.8 Å². The Morgan fingerprint density at radius 2 is 1.85 bits per heavy atom. The highest BCUT2D eigenvalue weighted by atomic mass is 35.5. The monoisotopic (exact) mass is 314 g/mol. The largest absolute Gasteiger partial charge is 0.495 e. The van der Waals surface area contributed by atoms with Gasteiger partial charge in [-0.15, -0.1) is 0 Å². The third-order valence-electron chi connectivity index (χ3n) is 2.75. The standard InChI is InChI=1S/C14H9Cl2FO3/c1-20-13-6-10(15)9(5-11(13)16)8-3-2-7(14(18)19)4-12(8)17/h2-6H,1H3,(H,18,19). The van der Waals surface area contributed by atoms with Crippen LogP contribution < -0.4 is 4.74 Å². The fraction of sp³-hybridized carbons (Fsp3) is 0.0714. The number of hydrogen-bond acceptors (Lipinski definition) is 2. The first kappa shape index (κ1) is 14.6. The van der Waals surface area contributed by atoms with E-state index in [1.807, 2.05) is 0 Å². The lowest BCUT2D eigenvalue weighted by molar-refractivity contribution is 0.0696. The lowest BCUT2D eigenvalue weighted by Crippen LogP contribution is -1.98. The summed E-state index contributed by atoms with van der Waals surface area (Å²) in [7, 11) is 1.44. The van der Waals surface area contributed by atoms with E-state index in [-0.39, 0.29) is 21.2 Å². The minimum Gasteiger partial charge on any atom is -0.495 e. The van der Waals surface area contributed by atoms with Crippen molar-refractivity contribution < 1.29 is 19.0 Å². The number of hydrogen-bond donors (Lipinski definition) is 1. The maximum absolute atomic E-state index is 14.0. The SMILES string of the molecule is COc1cc(Cl)c(-c2ccc(C(=O)O)cc2F)cc1Cl. The van der Waals surface area contributed by atoms with E-state index in [2.05, 4.69) is 0 Å². The molecule has 104 valence electrons. The quantitative estimate of drug-likeness (QED) is 0.906. The van der Waals surface area contributed by atoms with E-state index in [0.29, 0.717) is 11.3 Å². The molecule has 0 aliphatic heterocycles. The summed E-state index contributed by atoms with van der Waals surface area (Å²) in [6.07, 6.45) is 0. The zero-order chi connectivity index (χ0) is 14.9. The predicted molar refractivity (Wildman–Crippen MR) is 75.4 cm³/mol. The third-order valence-corrected chi connectivity index (χ3v) is 3.36. The number of ether oxygens (including phenoxy) is 1. The summed E-state index contributed by atoms with van der Waals surface area (Å²) in [4.78, 5) is 10.8. The zero-order valence-electron chi connectivity index (χ0n) is 10.3. The minimum absolute atomic E-state index is 0.137. The van der Waals surface area contributed by atoms with E-state index in [4.69, 9.17) is 33.0 Å². The smallest absolute Gasteiger partial charge is 0.335 e. The number of benzene rings is 2. The van der Waals surface area contributed by atoms with Crippen molar-refractivity contribution in [3.8, 4) is 16.9 Å². The molecule has 0 heterocycles. The number of rotatable bonds is 3. The van der Waals surface area contributed by atoms with E-state index >= 15 is 0 Å². The Morgan fingerprint density at radius 3 is 2.40 bits per heavy atom. The molecule has 0 aliphatic carbocycles. The maximum atomic E-state index is 14.0. The Hall–Kier alpha value is -1.78. The van der Waals surface area contributed by atoms with Crippen molar-refractivity contribution in [2.75, 3.05) is 7.11 Å². The first-order chi connectivity index (χ1) is 9.43. The van der Waals surface area contributed by atoms with Crippen molar-refractivity contribution in [3.63, 3.8) is 0 Å². The van der Waals surface area contributed by atoms with Crippen molar-refractivity contribution >= 4 is 29.2 Å². The normalized spacial score (nSPS) is 10.4. The van der Waals surface area contributed by atoms with Crippen molar-refractivity contribution in [2.45, 2.75) is 0 Å². The van der Waals surface area contributed by atoms with Gasteiger partial charge in [-0.1, -0.05) is 29.3 Å². The van der Waals surface area contributed by atoms with E-state index in [0.717, 1.165) is 6.07 Å². The molecule has 2 aromatic carbocycles. The third kappa shape index (κ3) is 2.71. The van der Waals surface area contributed by atoms with Gasteiger partial charge < -0.3 is 9.84 Å². The molecule has 2 aromatic rings. The number of carboxylic acids is 1. The van der Waals surface area contributed by atoms with E-state index in [1.165, 1.54) is 31.4 Å². The number of methoxy groups -OCH3 is 1.